The summed E-state index contributed by atoms with van der Waals surface area (Å²) in [6.07, 6.45) is -1.09. The number of aromatic nitrogens is 2. The molecule has 1 unspecified atom stereocenters. The van der Waals surface area contributed by atoms with Crippen LogP contribution in [0, 0.1) is 19.3 Å². The van der Waals surface area contributed by atoms with Crippen LogP contribution in [0.3, 0.4) is 0 Å². The molecule has 20 heavy (non-hydrogen) atoms. The van der Waals surface area contributed by atoms with Crippen LogP contribution in [-0.4, -0.2) is 44.2 Å². The Bertz CT molecular complexity index is 750. The Kier molecular flexibility index (Phi) is 2.88. The molecule has 0 spiro atoms. The minimum absolute atomic E-state index is 0.0117. The van der Waals surface area contributed by atoms with Gasteiger partial charge in [-0.1, -0.05) is 5.92 Å². The molecule has 0 aromatic carbocycles. The Labute approximate surface area is 115 Å². The third-order valence-electron chi connectivity index (χ3n) is 3.10. The minimum Gasteiger partial charge on any atom is -0.394 e. The number of halogens is 1. The van der Waals surface area contributed by atoms with Crippen molar-refractivity contribution in [3.8, 4) is 12.3 Å². The Hall–Kier alpha value is -1.95. The zero-order valence-corrected chi connectivity index (χ0v) is 10.3. The van der Waals surface area contributed by atoms with Crippen molar-refractivity contribution in [2.75, 3.05) is 6.56 Å². The van der Waals surface area contributed by atoms with Crippen molar-refractivity contribution in [2.24, 2.45) is 0 Å². The molecule has 8 heteroatoms. The Morgan fingerprint density at radius 3 is 2.90 bits per heavy atom. The SMILES string of the molecule is [2H]C([2H])(O)[C@H]1O[C@@H](n2c(C)cc(=O)[nH]c2=O)C(F)(C#C)[C@H]1O. The summed E-state index contributed by atoms with van der Waals surface area (Å²) < 4.78 is 34.8. The molecule has 1 saturated heterocycles. The van der Waals surface area contributed by atoms with E-state index in [4.69, 9.17) is 13.9 Å². The van der Waals surface area contributed by atoms with Gasteiger partial charge in [-0.05, 0) is 6.92 Å². The summed E-state index contributed by atoms with van der Waals surface area (Å²) in [5.74, 6) is 1.64. The van der Waals surface area contributed by atoms with Crippen LogP contribution in [0.5, 0.6) is 0 Å². The summed E-state index contributed by atoms with van der Waals surface area (Å²) in [6, 6.07) is 0.981. The minimum atomic E-state index is -3.10. The predicted molar refractivity (Wildman–Crippen MR) is 65.7 cm³/mol. The number of alkyl halides is 1. The number of ether oxygens (including phenoxy) is 1. The summed E-state index contributed by atoms with van der Waals surface area (Å²) in [7, 11) is 0. The van der Waals surface area contributed by atoms with Crippen LogP contribution in [0.15, 0.2) is 15.7 Å². The first-order valence-electron chi connectivity index (χ1n) is 6.57. The summed E-state index contributed by atoms with van der Waals surface area (Å²) in [5.41, 5.74) is -4.76. The number of rotatable bonds is 2. The first-order chi connectivity index (χ1) is 10.0. The fraction of sp³-hybridized carbons (Fsp3) is 0.500. The van der Waals surface area contributed by atoms with Crippen molar-refractivity contribution in [1.82, 2.24) is 9.55 Å². The molecule has 0 bridgehead atoms. The van der Waals surface area contributed by atoms with Crippen LogP contribution >= 0.6 is 0 Å². The highest BCUT2D eigenvalue weighted by Gasteiger charge is 2.57. The molecule has 7 nitrogen and oxygen atoms in total. The number of aliphatic hydroxyl groups excluding tert-OH is 1. The first kappa shape index (κ1) is 11.8. The van der Waals surface area contributed by atoms with Crippen molar-refractivity contribution in [1.29, 1.82) is 0 Å². The van der Waals surface area contributed by atoms with E-state index in [1.54, 1.807) is 5.92 Å². The number of H-pyrrole nitrogens is 1. The maximum Gasteiger partial charge on any atom is 0.330 e. The highest BCUT2D eigenvalue weighted by atomic mass is 19.1. The van der Waals surface area contributed by atoms with Gasteiger partial charge < -0.3 is 14.9 Å². The van der Waals surface area contributed by atoms with Crippen molar-refractivity contribution >= 4 is 0 Å². The van der Waals surface area contributed by atoms with Gasteiger partial charge in [0.2, 0.25) is 5.67 Å². The topological polar surface area (TPSA) is 105 Å². The number of hydrogen-bond acceptors (Lipinski definition) is 5. The standard InChI is InChI=1S/C12H13FN2O5/c1-3-12(13)9(18)7(5-16)20-10(12)15-6(2)4-8(17)14-11(15)19/h1,4,7,9-10,16,18H,5H2,2H3,(H,14,17,19)/t7-,9+,10-,12?/m1/s1/i5D2. The molecule has 1 aromatic rings. The lowest BCUT2D eigenvalue weighted by Crippen LogP contribution is -2.45. The van der Waals surface area contributed by atoms with Gasteiger partial charge in [0.05, 0.1) is 9.30 Å². The molecule has 108 valence electrons. The van der Waals surface area contributed by atoms with Gasteiger partial charge in [0.25, 0.3) is 5.56 Å². The molecule has 2 heterocycles. The van der Waals surface area contributed by atoms with E-state index in [0.717, 1.165) is 6.07 Å². The van der Waals surface area contributed by atoms with Crippen LogP contribution in [-0.2, 0) is 4.74 Å². The number of aryl methyl sites for hydroxylation is 1. The van der Waals surface area contributed by atoms with Gasteiger partial charge >= 0.3 is 5.69 Å². The Morgan fingerprint density at radius 2 is 2.40 bits per heavy atom. The molecule has 1 aromatic heterocycles. The second kappa shape index (κ2) is 4.86. The van der Waals surface area contributed by atoms with Crippen molar-refractivity contribution < 1.29 is 22.1 Å². The monoisotopic (exact) mass is 286 g/mol. The maximum atomic E-state index is 14.9. The number of aromatic amines is 1. The molecule has 0 saturated carbocycles. The van der Waals surface area contributed by atoms with Crippen molar-refractivity contribution in [2.45, 2.75) is 31.0 Å². The lowest BCUT2D eigenvalue weighted by atomic mass is 9.97. The van der Waals surface area contributed by atoms with E-state index in [9.17, 15) is 24.2 Å². The number of aliphatic hydroxyl groups is 2. The molecule has 1 aliphatic heterocycles. The number of nitrogens with one attached hydrogen (secondary N) is 1. The van der Waals surface area contributed by atoms with Crippen LogP contribution in [0.25, 0.3) is 0 Å². The Balaban J connectivity index is 2.63. The molecule has 0 aliphatic carbocycles. The summed E-state index contributed by atoms with van der Waals surface area (Å²) in [6.45, 7) is -1.79. The number of hydrogen-bond donors (Lipinski definition) is 3. The zero-order chi connectivity index (χ0) is 16.9. The zero-order valence-electron chi connectivity index (χ0n) is 12.3. The number of terminal acetylenes is 1. The molecule has 1 fully saturated rings. The molecule has 4 atom stereocenters. The molecule has 1 aliphatic rings. The van der Waals surface area contributed by atoms with Gasteiger partial charge in [-0.2, -0.15) is 0 Å². The Morgan fingerprint density at radius 1 is 1.75 bits per heavy atom. The van der Waals surface area contributed by atoms with E-state index in [-0.39, 0.29) is 5.69 Å². The molecule has 0 amide bonds. The van der Waals surface area contributed by atoms with Gasteiger partial charge in [-0.3, -0.25) is 14.3 Å². The van der Waals surface area contributed by atoms with Gasteiger partial charge in [0.1, 0.15) is 12.2 Å². The fourth-order valence-corrected chi connectivity index (χ4v) is 2.10. The molecular weight excluding hydrogens is 271 g/mol. The summed E-state index contributed by atoms with van der Waals surface area (Å²) in [5, 5.41) is 19.2. The summed E-state index contributed by atoms with van der Waals surface area (Å²) >= 11 is 0. The van der Waals surface area contributed by atoms with Crippen LogP contribution < -0.4 is 11.2 Å². The lowest BCUT2D eigenvalue weighted by Gasteiger charge is -2.25. The highest BCUT2D eigenvalue weighted by molar-refractivity contribution is 5.20. The summed E-state index contributed by atoms with van der Waals surface area (Å²) in [4.78, 5) is 25.0. The second-order valence-corrected chi connectivity index (χ2v) is 4.35. The van der Waals surface area contributed by atoms with Crippen LogP contribution in [0.1, 0.15) is 14.7 Å². The molecular formula is C12H13FN2O5. The van der Waals surface area contributed by atoms with Crippen molar-refractivity contribution in [3.63, 3.8) is 0 Å². The quantitative estimate of drug-likeness (QED) is 0.570. The van der Waals surface area contributed by atoms with E-state index < -0.39 is 41.9 Å². The third-order valence-corrected chi connectivity index (χ3v) is 3.10. The van der Waals surface area contributed by atoms with E-state index in [1.807, 2.05) is 4.98 Å². The van der Waals surface area contributed by atoms with E-state index in [2.05, 4.69) is 0 Å². The van der Waals surface area contributed by atoms with Gasteiger partial charge in [-0.15, -0.1) is 6.42 Å². The van der Waals surface area contributed by atoms with Gasteiger partial charge in [0.15, 0.2) is 6.23 Å². The van der Waals surface area contributed by atoms with Gasteiger partial charge in [-0.25, -0.2) is 9.18 Å². The molecule has 3 N–H and O–H groups in total. The van der Waals surface area contributed by atoms with Gasteiger partial charge in [0, 0.05) is 11.8 Å². The van der Waals surface area contributed by atoms with E-state index in [0.29, 0.717) is 4.57 Å². The van der Waals surface area contributed by atoms with Crippen LogP contribution in [0.2, 0.25) is 0 Å². The molecule has 0 radical (unpaired) electrons. The maximum absolute atomic E-state index is 14.9. The first-order valence-corrected chi connectivity index (χ1v) is 5.57. The smallest absolute Gasteiger partial charge is 0.330 e. The number of nitrogens with zero attached hydrogens (tertiary/aromatic N) is 1. The largest absolute Gasteiger partial charge is 0.394 e. The normalized spacial score (nSPS) is 35.2. The lowest BCUT2D eigenvalue weighted by molar-refractivity contribution is -0.0552. The fourth-order valence-electron chi connectivity index (χ4n) is 2.10. The second-order valence-electron chi connectivity index (χ2n) is 4.35. The van der Waals surface area contributed by atoms with E-state index in [1.165, 1.54) is 6.92 Å². The average Bonchev–Trinajstić information content (AvgIpc) is 2.63. The predicted octanol–water partition coefficient (Wildman–Crippen LogP) is -1.56. The van der Waals surface area contributed by atoms with Crippen molar-refractivity contribution in [3.05, 3.63) is 32.6 Å². The third kappa shape index (κ3) is 1.96. The average molecular weight is 286 g/mol. The van der Waals surface area contributed by atoms with E-state index >= 15 is 0 Å². The van der Waals surface area contributed by atoms with Crippen LogP contribution in [0.4, 0.5) is 4.39 Å². The highest BCUT2D eigenvalue weighted by Crippen LogP contribution is 2.40. The molecule has 2 rings (SSSR count).